The van der Waals surface area contributed by atoms with Crippen molar-refractivity contribution in [2.45, 2.75) is 37.0 Å². The molecule has 0 saturated heterocycles. The number of benzene rings is 1. The maximum absolute atomic E-state index is 10.8. The molecule has 0 aliphatic rings. The molecule has 1 N–H and O–H groups in total. The zero-order valence-corrected chi connectivity index (χ0v) is 13.3. The van der Waals surface area contributed by atoms with Gasteiger partial charge in [0.25, 0.3) is 0 Å². The molecule has 2 aromatic rings. The Bertz CT molecular complexity index is 613. The second-order valence-corrected chi connectivity index (χ2v) is 6.92. The molecule has 0 saturated carbocycles. The SMILES string of the molecule is CC(C)(C)c1ccc(CSc2ccc(C(=O)O)cn2)cc1. The van der Waals surface area contributed by atoms with Crippen molar-refractivity contribution in [1.82, 2.24) is 4.98 Å². The smallest absolute Gasteiger partial charge is 0.337 e. The largest absolute Gasteiger partial charge is 0.478 e. The van der Waals surface area contributed by atoms with E-state index >= 15 is 0 Å². The van der Waals surface area contributed by atoms with Crippen LogP contribution in [0.2, 0.25) is 0 Å². The van der Waals surface area contributed by atoms with Crippen LogP contribution in [-0.4, -0.2) is 16.1 Å². The third-order valence-electron chi connectivity index (χ3n) is 3.19. The van der Waals surface area contributed by atoms with Crippen LogP contribution in [0.25, 0.3) is 0 Å². The Morgan fingerprint density at radius 2 is 1.81 bits per heavy atom. The van der Waals surface area contributed by atoms with Crippen LogP contribution in [0.1, 0.15) is 42.3 Å². The highest BCUT2D eigenvalue weighted by atomic mass is 32.2. The first-order valence-electron chi connectivity index (χ1n) is 6.78. The van der Waals surface area contributed by atoms with Crippen molar-refractivity contribution in [2.75, 3.05) is 0 Å². The number of hydrogen-bond acceptors (Lipinski definition) is 3. The topological polar surface area (TPSA) is 50.2 Å². The van der Waals surface area contributed by atoms with E-state index in [4.69, 9.17) is 5.11 Å². The van der Waals surface area contributed by atoms with Crippen LogP contribution in [-0.2, 0) is 11.2 Å². The summed E-state index contributed by atoms with van der Waals surface area (Å²) in [6.07, 6.45) is 1.40. The van der Waals surface area contributed by atoms with Gasteiger partial charge in [-0.25, -0.2) is 9.78 Å². The van der Waals surface area contributed by atoms with Crippen molar-refractivity contribution in [3.8, 4) is 0 Å². The third-order valence-corrected chi connectivity index (χ3v) is 4.20. The van der Waals surface area contributed by atoms with E-state index in [0.717, 1.165) is 10.8 Å². The summed E-state index contributed by atoms with van der Waals surface area (Å²) >= 11 is 1.60. The van der Waals surface area contributed by atoms with Crippen molar-refractivity contribution >= 4 is 17.7 Å². The van der Waals surface area contributed by atoms with Crippen LogP contribution in [0.4, 0.5) is 0 Å². The molecule has 0 bridgehead atoms. The summed E-state index contributed by atoms with van der Waals surface area (Å²) in [5.41, 5.74) is 2.94. The normalized spacial score (nSPS) is 11.4. The molecular formula is C17H19NO2S. The number of thioether (sulfide) groups is 1. The number of rotatable bonds is 4. The molecule has 0 unspecified atom stereocenters. The summed E-state index contributed by atoms with van der Waals surface area (Å²) in [4.78, 5) is 14.9. The van der Waals surface area contributed by atoms with Crippen molar-refractivity contribution in [3.05, 3.63) is 59.3 Å². The lowest BCUT2D eigenvalue weighted by atomic mass is 9.87. The first kappa shape index (κ1) is 15.6. The van der Waals surface area contributed by atoms with Crippen molar-refractivity contribution in [3.63, 3.8) is 0 Å². The Balaban J connectivity index is 1.98. The molecule has 0 aliphatic carbocycles. The van der Waals surface area contributed by atoms with Gasteiger partial charge in [0.1, 0.15) is 0 Å². The van der Waals surface area contributed by atoms with Gasteiger partial charge in [0.05, 0.1) is 10.6 Å². The fourth-order valence-electron chi connectivity index (χ4n) is 1.85. The van der Waals surface area contributed by atoms with Gasteiger partial charge < -0.3 is 5.11 Å². The monoisotopic (exact) mass is 301 g/mol. The molecule has 0 radical (unpaired) electrons. The van der Waals surface area contributed by atoms with Gasteiger partial charge in [0.15, 0.2) is 0 Å². The van der Waals surface area contributed by atoms with Crippen LogP contribution < -0.4 is 0 Å². The van der Waals surface area contributed by atoms with E-state index in [1.807, 2.05) is 0 Å². The first-order chi connectivity index (χ1) is 9.86. The number of carboxylic acids is 1. The summed E-state index contributed by atoms with van der Waals surface area (Å²) in [7, 11) is 0. The van der Waals surface area contributed by atoms with Crippen LogP contribution in [0.15, 0.2) is 47.6 Å². The first-order valence-corrected chi connectivity index (χ1v) is 7.76. The molecule has 2 rings (SSSR count). The zero-order chi connectivity index (χ0) is 15.5. The minimum absolute atomic E-state index is 0.167. The fraction of sp³-hybridized carbons (Fsp3) is 0.294. The molecule has 0 aliphatic heterocycles. The number of carboxylic acid groups (broad SMARTS) is 1. The average Bonchev–Trinajstić information content (AvgIpc) is 2.45. The summed E-state index contributed by atoms with van der Waals surface area (Å²) < 4.78 is 0. The molecule has 1 heterocycles. The van der Waals surface area contributed by atoms with E-state index < -0.39 is 5.97 Å². The van der Waals surface area contributed by atoms with Gasteiger partial charge in [-0.1, -0.05) is 45.0 Å². The maximum Gasteiger partial charge on any atom is 0.337 e. The molecule has 0 fully saturated rings. The van der Waals surface area contributed by atoms with Crippen LogP contribution in [0.5, 0.6) is 0 Å². The quantitative estimate of drug-likeness (QED) is 0.852. The predicted molar refractivity (Wildman–Crippen MR) is 85.9 cm³/mol. The predicted octanol–water partition coefficient (Wildman–Crippen LogP) is 4.37. The molecule has 1 aromatic heterocycles. The summed E-state index contributed by atoms with van der Waals surface area (Å²) in [6.45, 7) is 6.60. The Hall–Kier alpha value is -1.81. The Kier molecular flexibility index (Phi) is 4.68. The molecule has 21 heavy (non-hydrogen) atoms. The lowest BCUT2D eigenvalue weighted by molar-refractivity contribution is 0.0696. The summed E-state index contributed by atoms with van der Waals surface area (Å²) in [6, 6.07) is 11.9. The van der Waals surface area contributed by atoms with Crippen molar-refractivity contribution in [1.29, 1.82) is 0 Å². The molecular weight excluding hydrogens is 282 g/mol. The van der Waals surface area contributed by atoms with Gasteiger partial charge in [-0.2, -0.15) is 0 Å². The molecule has 1 aromatic carbocycles. The standard InChI is InChI=1S/C17H19NO2S/c1-17(2,3)14-7-4-12(5-8-14)11-21-15-9-6-13(10-18-15)16(19)20/h4-10H,11H2,1-3H3,(H,19,20). The number of aromatic nitrogens is 1. The summed E-state index contributed by atoms with van der Waals surface area (Å²) in [5, 5.41) is 9.66. The van der Waals surface area contributed by atoms with E-state index in [1.54, 1.807) is 23.9 Å². The minimum atomic E-state index is -0.947. The lowest BCUT2D eigenvalue weighted by Gasteiger charge is -2.19. The number of hydrogen-bond donors (Lipinski definition) is 1. The number of aromatic carboxylic acids is 1. The highest BCUT2D eigenvalue weighted by molar-refractivity contribution is 7.98. The second kappa shape index (κ2) is 6.31. The van der Waals surface area contributed by atoms with E-state index in [-0.39, 0.29) is 11.0 Å². The highest BCUT2D eigenvalue weighted by Gasteiger charge is 2.12. The van der Waals surface area contributed by atoms with Gasteiger partial charge in [-0.3, -0.25) is 0 Å². The highest BCUT2D eigenvalue weighted by Crippen LogP contribution is 2.25. The molecule has 0 atom stereocenters. The Labute approximate surface area is 129 Å². The van der Waals surface area contributed by atoms with E-state index in [1.165, 1.54) is 17.3 Å². The van der Waals surface area contributed by atoms with Crippen LogP contribution >= 0.6 is 11.8 Å². The Morgan fingerprint density at radius 3 is 2.29 bits per heavy atom. The lowest BCUT2D eigenvalue weighted by Crippen LogP contribution is -2.10. The van der Waals surface area contributed by atoms with Crippen molar-refractivity contribution in [2.24, 2.45) is 0 Å². The van der Waals surface area contributed by atoms with Crippen LogP contribution in [0.3, 0.4) is 0 Å². The van der Waals surface area contributed by atoms with Gasteiger partial charge in [0.2, 0.25) is 0 Å². The number of pyridine rings is 1. The van der Waals surface area contributed by atoms with E-state index in [2.05, 4.69) is 50.0 Å². The second-order valence-electron chi connectivity index (χ2n) is 5.93. The molecule has 4 heteroatoms. The minimum Gasteiger partial charge on any atom is -0.478 e. The van der Waals surface area contributed by atoms with Gasteiger partial charge >= 0.3 is 5.97 Å². The van der Waals surface area contributed by atoms with E-state index in [0.29, 0.717) is 0 Å². The zero-order valence-electron chi connectivity index (χ0n) is 12.5. The van der Waals surface area contributed by atoms with Crippen molar-refractivity contribution < 1.29 is 9.90 Å². The Morgan fingerprint density at radius 1 is 1.14 bits per heavy atom. The van der Waals surface area contributed by atoms with Crippen LogP contribution in [0, 0.1) is 0 Å². The maximum atomic E-state index is 10.8. The summed E-state index contributed by atoms with van der Waals surface area (Å²) in [5.74, 6) is -0.124. The molecule has 3 nitrogen and oxygen atoms in total. The molecule has 0 spiro atoms. The molecule has 110 valence electrons. The van der Waals surface area contributed by atoms with Gasteiger partial charge in [0, 0.05) is 11.9 Å². The fourth-order valence-corrected chi connectivity index (χ4v) is 2.65. The van der Waals surface area contributed by atoms with Gasteiger partial charge in [-0.15, -0.1) is 11.8 Å². The number of carbonyl (C=O) groups is 1. The third kappa shape index (κ3) is 4.33. The average molecular weight is 301 g/mol. The van der Waals surface area contributed by atoms with Gasteiger partial charge in [-0.05, 0) is 28.7 Å². The van der Waals surface area contributed by atoms with E-state index in [9.17, 15) is 4.79 Å². The number of nitrogens with zero attached hydrogens (tertiary/aromatic N) is 1. The molecule has 0 amide bonds.